The summed E-state index contributed by atoms with van der Waals surface area (Å²) in [6.07, 6.45) is 4.39. The molecule has 142 valence electrons. The van der Waals surface area contributed by atoms with E-state index in [0.717, 1.165) is 11.5 Å². The summed E-state index contributed by atoms with van der Waals surface area (Å²) in [4.78, 5) is 24.6. The van der Waals surface area contributed by atoms with E-state index in [-0.39, 0.29) is 11.7 Å². The predicted octanol–water partition coefficient (Wildman–Crippen LogP) is 2.08. The van der Waals surface area contributed by atoms with E-state index >= 15 is 0 Å². The number of anilines is 2. The molecule has 9 heteroatoms. The topological polar surface area (TPSA) is 87.4 Å². The van der Waals surface area contributed by atoms with Crippen LogP contribution in [-0.4, -0.2) is 50.0 Å². The van der Waals surface area contributed by atoms with Gasteiger partial charge in [0.2, 0.25) is 0 Å². The number of rotatable bonds is 3. The van der Waals surface area contributed by atoms with Gasteiger partial charge in [-0.05, 0) is 30.7 Å². The molecule has 1 fully saturated rings. The van der Waals surface area contributed by atoms with Crippen LogP contribution in [0.4, 0.5) is 16.0 Å². The average molecular weight is 380 g/mol. The highest BCUT2D eigenvalue weighted by Crippen LogP contribution is 2.28. The molecule has 0 aromatic carbocycles. The van der Waals surface area contributed by atoms with E-state index in [2.05, 4.69) is 15.1 Å². The zero-order valence-electron chi connectivity index (χ0n) is 14.9. The molecule has 1 atom stereocenters. The van der Waals surface area contributed by atoms with Crippen molar-refractivity contribution in [1.82, 2.24) is 19.7 Å². The first-order valence-corrected chi connectivity index (χ1v) is 8.99. The lowest BCUT2D eigenvalue weighted by Gasteiger charge is -2.16. The van der Waals surface area contributed by atoms with Crippen molar-refractivity contribution in [2.45, 2.75) is 19.1 Å². The van der Waals surface area contributed by atoms with Gasteiger partial charge in [0.25, 0.3) is 5.91 Å². The minimum absolute atomic E-state index is 0.0465. The third-order valence-electron chi connectivity index (χ3n) is 5.03. The summed E-state index contributed by atoms with van der Waals surface area (Å²) in [6, 6.07) is 6.79. The summed E-state index contributed by atoms with van der Waals surface area (Å²) in [5, 5.41) is 13.9. The normalized spacial score (nSPS) is 18.8. The van der Waals surface area contributed by atoms with Crippen LogP contribution in [0.2, 0.25) is 0 Å². The average Bonchev–Trinajstić information content (AvgIpc) is 3.39. The maximum absolute atomic E-state index is 13.4. The first-order chi connectivity index (χ1) is 13.6. The van der Waals surface area contributed by atoms with Gasteiger partial charge in [-0.15, -0.1) is 0 Å². The van der Waals surface area contributed by atoms with Crippen molar-refractivity contribution in [3.05, 3.63) is 54.1 Å². The van der Waals surface area contributed by atoms with Crippen molar-refractivity contribution in [2.24, 2.45) is 0 Å². The predicted molar refractivity (Wildman–Crippen MR) is 99.5 cm³/mol. The second-order valence-corrected chi connectivity index (χ2v) is 6.91. The Morgan fingerprint density at radius 3 is 2.57 bits per heavy atom. The van der Waals surface area contributed by atoms with Crippen LogP contribution in [0.3, 0.4) is 0 Å². The lowest BCUT2D eigenvalue weighted by atomic mass is 10.3. The van der Waals surface area contributed by atoms with Crippen molar-refractivity contribution >= 4 is 17.5 Å². The standard InChI is InChI=1S/C19H17FN6O2/c20-12-5-6-24(9-12)17-3-1-13(7-21-17)26-10-15-16(23-26)11-25(19(15)28)18-4-2-14(27)8-22-18/h1-4,7-8,10,12,27H,5-6,9,11H2/t12-/m1/s1. The summed E-state index contributed by atoms with van der Waals surface area (Å²) >= 11 is 0. The molecule has 0 unspecified atom stereocenters. The Balaban J connectivity index is 1.36. The number of hydrogen-bond acceptors (Lipinski definition) is 6. The SMILES string of the molecule is O=C1c2cn(-c3ccc(N4CC[C@@H](F)C4)nc3)nc2CN1c1ccc(O)cn1. The molecule has 0 spiro atoms. The van der Waals surface area contributed by atoms with Gasteiger partial charge in [-0.25, -0.2) is 19.0 Å². The number of nitrogens with zero attached hydrogens (tertiary/aromatic N) is 6. The first-order valence-electron chi connectivity index (χ1n) is 8.99. The second kappa shape index (κ2) is 6.29. The first kappa shape index (κ1) is 16.7. The summed E-state index contributed by atoms with van der Waals surface area (Å²) < 4.78 is 15.0. The Bertz CT molecular complexity index is 1030. The maximum Gasteiger partial charge on any atom is 0.263 e. The Morgan fingerprint density at radius 2 is 1.93 bits per heavy atom. The number of halogens is 1. The number of aromatic nitrogens is 4. The quantitative estimate of drug-likeness (QED) is 0.749. The van der Waals surface area contributed by atoms with Gasteiger partial charge in [-0.1, -0.05) is 0 Å². The highest BCUT2D eigenvalue weighted by Gasteiger charge is 2.32. The smallest absolute Gasteiger partial charge is 0.263 e. The molecule has 5 heterocycles. The number of carbonyl (C=O) groups is 1. The molecule has 0 bridgehead atoms. The Kier molecular flexibility index (Phi) is 3.75. The van der Waals surface area contributed by atoms with Crippen LogP contribution in [0.1, 0.15) is 22.5 Å². The minimum Gasteiger partial charge on any atom is -0.506 e. The lowest BCUT2D eigenvalue weighted by Crippen LogP contribution is -2.24. The van der Waals surface area contributed by atoms with E-state index in [1.165, 1.54) is 17.2 Å². The number of fused-ring (bicyclic) bond motifs is 1. The molecule has 0 radical (unpaired) electrons. The molecule has 1 saturated heterocycles. The van der Waals surface area contributed by atoms with Crippen LogP contribution < -0.4 is 9.80 Å². The van der Waals surface area contributed by atoms with E-state index in [9.17, 15) is 14.3 Å². The minimum atomic E-state index is -0.799. The van der Waals surface area contributed by atoms with E-state index < -0.39 is 6.17 Å². The van der Waals surface area contributed by atoms with Crippen LogP contribution in [0.15, 0.2) is 42.9 Å². The molecule has 2 aliphatic rings. The molecule has 1 amide bonds. The van der Waals surface area contributed by atoms with Crippen molar-refractivity contribution in [3.63, 3.8) is 0 Å². The number of aromatic hydroxyl groups is 1. The molecule has 5 rings (SSSR count). The highest BCUT2D eigenvalue weighted by atomic mass is 19.1. The molecule has 28 heavy (non-hydrogen) atoms. The molecule has 0 saturated carbocycles. The van der Waals surface area contributed by atoms with Crippen molar-refractivity contribution in [2.75, 3.05) is 22.9 Å². The van der Waals surface area contributed by atoms with Crippen LogP contribution >= 0.6 is 0 Å². The molecule has 0 aliphatic carbocycles. The van der Waals surface area contributed by atoms with Crippen LogP contribution in [-0.2, 0) is 6.54 Å². The third kappa shape index (κ3) is 2.75. The zero-order valence-corrected chi connectivity index (χ0v) is 14.9. The van der Waals surface area contributed by atoms with Crippen LogP contribution in [0.25, 0.3) is 5.69 Å². The molecule has 2 aliphatic heterocycles. The lowest BCUT2D eigenvalue weighted by molar-refractivity contribution is 0.0995. The molecular formula is C19H17FN6O2. The molecule has 8 nitrogen and oxygen atoms in total. The summed E-state index contributed by atoms with van der Waals surface area (Å²) in [5.74, 6) is 1.07. The monoisotopic (exact) mass is 380 g/mol. The Hall–Kier alpha value is -3.49. The second-order valence-electron chi connectivity index (χ2n) is 6.91. The largest absolute Gasteiger partial charge is 0.506 e. The van der Waals surface area contributed by atoms with E-state index in [4.69, 9.17) is 0 Å². The number of alkyl halides is 1. The Morgan fingerprint density at radius 1 is 1.11 bits per heavy atom. The van der Waals surface area contributed by atoms with Crippen LogP contribution in [0.5, 0.6) is 5.75 Å². The number of amides is 1. The van der Waals surface area contributed by atoms with Gasteiger partial charge in [0.05, 0.1) is 42.4 Å². The summed E-state index contributed by atoms with van der Waals surface area (Å²) in [6.45, 7) is 1.35. The number of hydrogen-bond donors (Lipinski definition) is 1. The maximum atomic E-state index is 13.4. The van der Waals surface area contributed by atoms with Crippen molar-refractivity contribution in [1.29, 1.82) is 0 Å². The number of carbonyl (C=O) groups excluding carboxylic acids is 1. The fourth-order valence-electron chi connectivity index (χ4n) is 3.55. The number of pyridine rings is 2. The van der Waals surface area contributed by atoms with Gasteiger partial charge in [-0.2, -0.15) is 5.10 Å². The van der Waals surface area contributed by atoms with Gasteiger partial charge in [0.15, 0.2) is 0 Å². The van der Waals surface area contributed by atoms with Crippen molar-refractivity contribution in [3.8, 4) is 11.4 Å². The fourth-order valence-corrected chi connectivity index (χ4v) is 3.55. The van der Waals surface area contributed by atoms with E-state index in [1.807, 2.05) is 17.0 Å². The van der Waals surface area contributed by atoms with Crippen LogP contribution in [0, 0.1) is 0 Å². The van der Waals surface area contributed by atoms with Gasteiger partial charge in [-0.3, -0.25) is 9.69 Å². The Labute approximate surface area is 159 Å². The molecule has 1 N–H and O–H groups in total. The molecular weight excluding hydrogens is 363 g/mol. The van der Waals surface area contributed by atoms with Gasteiger partial charge in [0, 0.05) is 12.7 Å². The van der Waals surface area contributed by atoms with Gasteiger partial charge in [0.1, 0.15) is 23.6 Å². The summed E-state index contributed by atoms with van der Waals surface area (Å²) in [5.41, 5.74) is 1.90. The van der Waals surface area contributed by atoms with Gasteiger partial charge >= 0.3 is 0 Å². The molecule has 3 aromatic rings. The fraction of sp³-hybridized carbons (Fsp3) is 0.263. The summed E-state index contributed by atoms with van der Waals surface area (Å²) in [7, 11) is 0. The van der Waals surface area contributed by atoms with E-state index in [0.29, 0.717) is 43.1 Å². The third-order valence-corrected chi connectivity index (χ3v) is 5.03. The van der Waals surface area contributed by atoms with Crippen molar-refractivity contribution < 1.29 is 14.3 Å². The van der Waals surface area contributed by atoms with Gasteiger partial charge < -0.3 is 10.0 Å². The van der Waals surface area contributed by atoms with E-state index in [1.54, 1.807) is 23.1 Å². The zero-order chi connectivity index (χ0) is 19.3. The molecule has 3 aromatic heterocycles. The highest BCUT2D eigenvalue weighted by molar-refractivity contribution is 6.09.